The second-order valence-corrected chi connectivity index (χ2v) is 7.28. The van der Waals surface area contributed by atoms with E-state index >= 15 is 0 Å². The summed E-state index contributed by atoms with van der Waals surface area (Å²) in [5, 5.41) is 11.2. The maximum atomic E-state index is 4.19. The highest BCUT2D eigenvalue weighted by Gasteiger charge is 2.54. The Morgan fingerprint density at radius 2 is 1.89 bits per heavy atom. The summed E-state index contributed by atoms with van der Waals surface area (Å²) < 4.78 is 0. The average molecular weight is 259 g/mol. The van der Waals surface area contributed by atoms with Gasteiger partial charge in [-0.2, -0.15) is 5.10 Å². The molecule has 0 aromatic carbocycles. The summed E-state index contributed by atoms with van der Waals surface area (Å²) in [5.41, 5.74) is 1.82. The van der Waals surface area contributed by atoms with Crippen LogP contribution in [-0.2, 0) is 0 Å². The Morgan fingerprint density at radius 3 is 2.37 bits per heavy atom. The topological polar surface area (TPSA) is 40.7 Å². The molecule has 0 amide bonds. The van der Waals surface area contributed by atoms with Crippen molar-refractivity contribution in [2.75, 3.05) is 6.54 Å². The molecule has 4 saturated carbocycles. The van der Waals surface area contributed by atoms with Crippen molar-refractivity contribution < 1.29 is 0 Å². The highest BCUT2D eigenvalue weighted by Crippen LogP contribution is 2.63. The Kier molecular flexibility index (Phi) is 2.73. The van der Waals surface area contributed by atoms with Crippen LogP contribution in [0.5, 0.6) is 0 Å². The normalized spacial score (nSPS) is 41.6. The van der Waals surface area contributed by atoms with Gasteiger partial charge in [0, 0.05) is 6.20 Å². The van der Waals surface area contributed by atoms with Gasteiger partial charge in [-0.05, 0) is 74.3 Å². The molecule has 0 saturated heterocycles. The molecule has 4 fully saturated rings. The predicted molar refractivity (Wildman–Crippen MR) is 75.6 cm³/mol. The van der Waals surface area contributed by atoms with Gasteiger partial charge < -0.3 is 5.32 Å². The van der Waals surface area contributed by atoms with Crippen molar-refractivity contribution in [3.05, 3.63) is 18.0 Å². The van der Waals surface area contributed by atoms with Crippen molar-refractivity contribution in [1.82, 2.24) is 15.5 Å². The average Bonchev–Trinajstić information content (AvgIpc) is 2.87. The first kappa shape index (κ1) is 12.0. The summed E-state index contributed by atoms with van der Waals surface area (Å²) >= 11 is 0. The van der Waals surface area contributed by atoms with E-state index in [1.54, 1.807) is 0 Å². The molecular weight excluding hydrogens is 234 g/mol. The quantitative estimate of drug-likeness (QED) is 0.871. The molecule has 19 heavy (non-hydrogen) atoms. The second kappa shape index (κ2) is 4.34. The molecule has 4 bridgehead atoms. The van der Waals surface area contributed by atoms with Gasteiger partial charge >= 0.3 is 0 Å². The highest BCUT2D eigenvalue weighted by molar-refractivity contribution is 5.15. The van der Waals surface area contributed by atoms with Crippen molar-refractivity contribution in [1.29, 1.82) is 0 Å². The molecule has 1 heterocycles. The van der Waals surface area contributed by atoms with Crippen LogP contribution in [0.25, 0.3) is 0 Å². The zero-order chi connectivity index (χ0) is 12.9. The van der Waals surface area contributed by atoms with Crippen molar-refractivity contribution in [2.45, 2.75) is 51.5 Å². The van der Waals surface area contributed by atoms with Crippen LogP contribution in [-0.4, -0.2) is 16.7 Å². The zero-order valence-corrected chi connectivity index (χ0v) is 11.9. The number of hydrogen-bond donors (Lipinski definition) is 2. The monoisotopic (exact) mass is 259 g/mol. The van der Waals surface area contributed by atoms with Crippen LogP contribution in [0, 0.1) is 23.2 Å². The Bertz CT molecular complexity index is 402. The van der Waals surface area contributed by atoms with Crippen molar-refractivity contribution in [3.63, 3.8) is 0 Å². The molecule has 3 heteroatoms. The van der Waals surface area contributed by atoms with Crippen molar-refractivity contribution >= 4 is 0 Å². The van der Waals surface area contributed by atoms with Crippen LogP contribution < -0.4 is 5.32 Å². The molecule has 1 aromatic heterocycles. The van der Waals surface area contributed by atoms with Gasteiger partial charge in [-0.15, -0.1) is 0 Å². The first-order chi connectivity index (χ1) is 9.29. The van der Waals surface area contributed by atoms with Crippen LogP contribution in [0.1, 0.15) is 57.2 Å². The van der Waals surface area contributed by atoms with Gasteiger partial charge in [0.1, 0.15) is 0 Å². The molecule has 1 aromatic rings. The lowest BCUT2D eigenvalue weighted by atomic mass is 9.47. The molecule has 1 atom stereocenters. The largest absolute Gasteiger partial charge is 0.308 e. The molecule has 0 aliphatic heterocycles. The number of rotatable bonds is 4. The van der Waals surface area contributed by atoms with Gasteiger partial charge in [0.05, 0.1) is 11.7 Å². The Balaban J connectivity index is 1.68. The number of nitrogens with one attached hydrogen (secondary N) is 2. The second-order valence-electron chi connectivity index (χ2n) is 7.28. The van der Waals surface area contributed by atoms with E-state index in [2.05, 4.69) is 28.5 Å². The summed E-state index contributed by atoms with van der Waals surface area (Å²) in [7, 11) is 0. The SMILES string of the molecule is CCNC(c1ccn[nH]1)C12CC3CC(CC(C3)C1)C2. The molecule has 3 nitrogen and oxygen atoms in total. The molecule has 0 spiro atoms. The summed E-state index contributed by atoms with van der Waals surface area (Å²) in [6.45, 7) is 3.27. The number of aromatic amines is 1. The number of hydrogen-bond acceptors (Lipinski definition) is 2. The van der Waals surface area contributed by atoms with Gasteiger partial charge in [0.25, 0.3) is 0 Å². The van der Waals surface area contributed by atoms with E-state index in [1.807, 2.05) is 6.20 Å². The van der Waals surface area contributed by atoms with Gasteiger partial charge in [0.2, 0.25) is 0 Å². The smallest absolute Gasteiger partial charge is 0.0546 e. The van der Waals surface area contributed by atoms with E-state index in [4.69, 9.17) is 0 Å². The van der Waals surface area contributed by atoms with Crippen LogP contribution in [0.4, 0.5) is 0 Å². The third-order valence-electron chi connectivity index (χ3n) is 5.94. The van der Waals surface area contributed by atoms with Crippen molar-refractivity contribution in [3.8, 4) is 0 Å². The first-order valence-corrected chi connectivity index (χ1v) is 8.02. The minimum Gasteiger partial charge on any atom is -0.308 e. The maximum Gasteiger partial charge on any atom is 0.0546 e. The van der Waals surface area contributed by atoms with Crippen LogP contribution in [0.3, 0.4) is 0 Å². The maximum absolute atomic E-state index is 4.19. The molecule has 2 N–H and O–H groups in total. The lowest BCUT2D eigenvalue weighted by Gasteiger charge is -2.59. The van der Waals surface area contributed by atoms with Crippen LogP contribution in [0.2, 0.25) is 0 Å². The lowest BCUT2D eigenvalue weighted by molar-refractivity contribution is -0.0753. The van der Waals surface area contributed by atoms with E-state index < -0.39 is 0 Å². The third-order valence-corrected chi connectivity index (χ3v) is 5.94. The highest BCUT2D eigenvalue weighted by atomic mass is 15.1. The molecule has 4 aliphatic carbocycles. The fraction of sp³-hybridized carbons (Fsp3) is 0.812. The van der Waals surface area contributed by atoms with Gasteiger partial charge in [-0.1, -0.05) is 6.92 Å². The summed E-state index contributed by atoms with van der Waals surface area (Å²) in [6.07, 6.45) is 10.8. The standard InChI is InChI=1S/C16H25N3/c1-2-17-15(14-3-4-18-19-14)16-8-11-5-12(9-16)7-13(6-11)10-16/h3-4,11-13,15,17H,2,5-10H2,1H3,(H,18,19). The van der Waals surface area contributed by atoms with Gasteiger partial charge in [-0.25, -0.2) is 0 Å². The fourth-order valence-corrected chi connectivity index (χ4v) is 5.82. The van der Waals surface area contributed by atoms with Gasteiger partial charge in [0.15, 0.2) is 0 Å². The lowest BCUT2D eigenvalue weighted by Crippen LogP contribution is -2.52. The summed E-state index contributed by atoms with van der Waals surface area (Å²) in [4.78, 5) is 0. The summed E-state index contributed by atoms with van der Waals surface area (Å²) in [5.74, 6) is 3.03. The molecule has 1 unspecified atom stereocenters. The molecule has 4 aliphatic rings. The number of aromatic nitrogens is 2. The van der Waals surface area contributed by atoms with Crippen LogP contribution >= 0.6 is 0 Å². The predicted octanol–water partition coefficient (Wildman–Crippen LogP) is 3.28. The molecular formula is C16H25N3. The van der Waals surface area contributed by atoms with Crippen LogP contribution in [0.15, 0.2) is 12.3 Å². The Hall–Kier alpha value is -0.830. The minimum absolute atomic E-state index is 0.494. The Labute approximate surface area is 115 Å². The van der Waals surface area contributed by atoms with E-state index in [9.17, 15) is 0 Å². The number of H-pyrrole nitrogens is 1. The van der Waals surface area contributed by atoms with Crippen molar-refractivity contribution in [2.24, 2.45) is 23.2 Å². The van der Waals surface area contributed by atoms with Gasteiger partial charge in [-0.3, -0.25) is 5.10 Å². The molecule has 5 rings (SSSR count). The zero-order valence-electron chi connectivity index (χ0n) is 11.9. The van der Waals surface area contributed by atoms with E-state index in [0.717, 1.165) is 24.3 Å². The molecule has 104 valence electrons. The summed E-state index contributed by atoms with van der Waals surface area (Å²) in [6, 6.07) is 2.67. The minimum atomic E-state index is 0.494. The van der Waals surface area contributed by atoms with E-state index in [1.165, 1.54) is 44.2 Å². The number of nitrogens with zero attached hydrogens (tertiary/aromatic N) is 1. The molecule has 0 radical (unpaired) electrons. The fourth-order valence-electron chi connectivity index (χ4n) is 5.82. The van der Waals surface area contributed by atoms with E-state index in [0.29, 0.717) is 11.5 Å². The Morgan fingerprint density at radius 1 is 1.26 bits per heavy atom. The van der Waals surface area contributed by atoms with E-state index in [-0.39, 0.29) is 0 Å². The third kappa shape index (κ3) is 1.85. The first-order valence-electron chi connectivity index (χ1n) is 8.02.